The maximum Gasteiger partial charge on any atom is 0.0213 e. The molecule has 1 atom stereocenters. The Morgan fingerprint density at radius 2 is 2.27 bits per heavy atom. The third-order valence-electron chi connectivity index (χ3n) is 2.32. The molecule has 0 aromatic heterocycles. The highest BCUT2D eigenvalue weighted by Gasteiger charge is 2.10. The van der Waals surface area contributed by atoms with Crippen LogP contribution < -0.4 is 10.9 Å². The van der Waals surface area contributed by atoms with Gasteiger partial charge in [0.25, 0.3) is 0 Å². The van der Waals surface area contributed by atoms with E-state index in [-0.39, 0.29) is 0 Å². The molecule has 1 aliphatic rings. The summed E-state index contributed by atoms with van der Waals surface area (Å²) in [5.41, 5.74) is 6.54. The van der Waals surface area contributed by atoms with Crippen LogP contribution in [0.3, 0.4) is 0 Å². The summed E-state index contributed by atoms with van der Waals surface area (Å²) in [5, 5.41) is 0. The third kappa shape index (κ3) is 3.73. The van der Waals surface area contributed by atoms with Gasteiger partial charge in [-0.1, -0.05) is 26.2 Å². The molecule has 0 aromatic carbocycles. The molecular weight excluding hydrogens is 136 g/mol. The maximum atomic E-state index is 3.33. The van der Waals surface area contributed by atoms with Gasteiger partial charge in [0.15, 0.2) is 0 Å². The number of hydrogen-bond donors (Lipinski definition) is 2. The minimum atomic E-state index is 0.746. The highest BCUT2D eigenvalue weighted by molar-refractivity contribution is 4.69. The summed E-state index contributed by atoms with van der Waals surface area (Å²) in [4.78, 5) is 0. The Morgan fingerprint density at radius 1 is 1.36 bits per heavy atom. The van der Waals surface area contributed by atoms with Crippen LogP contribution in [0.25, 0.3) is 0 Å². The lowest BCUT2D eigenvalue weighted by atomic mass is 10.0. The lowest BCUT2D eigenvalue weighted by Gasteiger charge is -2.23. The average Bonchev–Trinajstić information content (AvgIpc) is 2.07. The first-order chi connectivity index (χ1) is 5.43. The molecule has 2 N–H and O–H groups in total. The van der Waals surface area contributed by atoms with Gasteiger partial charge >= 0.3 is 0 Å². The molecule has 11 heavy (non-hydrogen) atoms. The van der Waals surface area contributed by atoms with Crippen LogP contribution in [-0.4, -0.2) is 12.6 Å². The smallest absolute Gasteiger partial charge is 0.0213 e. The molecule has 66 valence electrons. The van der Waals surface area contributed by atoms with Gasteiger partial charge in [0.05, 0.1) is 0 Å². The lowest BCUT2D eigenvalue weighted by Crippen LogP contribution is -2.45. The molecule has 0 spiro atoms. The van der Waals surface area contributed by atoms with Crippen LogP contribution in [0.5, 0.6) is 0 Å². The van der Waals surface area contributed by atoms with Crippen molar-refractivity contribution in [2.75, 3.05) is 6.54 Å². The van der Waals surface area contributed by atoms with E-state index < -0.39 is 0 Å². The summed E-state index contributed by atoms with van der Waals surface area (Å²) in [6.07, 6.45) is 8.15. The predicted molar refractivity (Wildman–Crippen MR) is 48.3 cm³/mol. The lowest BCUT2D eigenvalue weighted by molar-refractivity contribution is 0.322. The zero-order valence-electron chi connectivity index (χ0n) is 7.53. The van der Waals surface area contributed by atoms with Gasteiger partial charge in [-0.05, 0) is 19.3 Å². The largest absolute Gasteiger partial charge is 0.258 e. The zero-order chi connectivity index (χ0) is 7.94. The van der Waals surface area contributed by atoms with Gasteiger partial charge in [-0.25, -0.2) is 0 Å². The number of unbranched alkanes of at least 4 members (excludes halogenated alkanes) is 2. The van der Waals surface area contributed by atoms with Crippen molar-refractivity contribution >= 4 is 0 Å². The van der Waals surface area contributed by atoms with Crippen molar-refractivity contribution in [3.63, 3.8) is 0 Å². The number of nitrogens with one attached hydrogen (secondary N) is 2. The fourth-order valence-electron chi connectivity index (χ4n) is 1.58. The molecule has 0 aliphatic carbocycles. The summed E-state index contributed by atoms with van der Waals surface area (Å²) >= 11 is 0. The quantitative estimate of drug-likeness (QED) is 0.607. The van der Waals surface area contributed by atoms with Crippen LogP contribution >= 0.6 is 0 Å². The van der Waals surface area contributed by atoms with Crippen LogP contribution in [0.4, 0.5) is 0 Å². The molecular formula is C9H20N2. The van der Waals surface area contributed by atoms with Crippen LogP contribution in [0.15, 0.2) is 0 Å². The average molecular weight is 156 g/mol. The molecule has 0 radical (unpaired) electrons. The van der Waals surface area contributed by atoms with Crippen molar-refractivity contribution in [1.29, 1.82) is 0 Å². The molecule has 1 fully saturated rings. The second-order valence-electron chi connectivity index (χ2n) is 3.41. The van der Waals surface area contributed by atoms with Crippen LogP contribution in [0.1, 0.15) is 45.4 Å². The first-order valence-corrected chi connectivity index (χ1v) is 4.92. The molecule has 0 bridgehead atoms. The van der Waals surface area contributed by atoms with Crippen LogP contribution in [-0.2, 0) is 0 Å². The van der Waals surface area contributed by atoms with Crippen molar-refractivity contribution in [2.45, 2.75) is 51.5 Å². The van der Waals surface area contributed by atoms with Crippen LogP contribution in [0, 0.1) is 0 Å². The SMILES string of the molecule is CCCCCC1CCCNN1. The molecule has 1 unspecified atom stereocenters. The van der Waals surface area contributed by atoms with Gasteiger partial charge in [0.1, 0.15) is 0 Å². The predicted octanol–water partition coefficient (Wildman–Crippen LogP) is 1.82. The Balaban J connectivity index is 1.96. The van der Waals surface area contributed by atoms with E-state index in [4.69, 9.17) is 0 Å². The van der Waals surface area contributed by atoms with E-state index in [0.717, 1.165) is 12.6 Å². The maximum absolute atomic E-state index is 3.33. The fraction of sp³-hybridized carbons (Fsp3) is 1.00. The van der Waals surface area contributed by atoms with Crippen molar-refractivity contribution in [1.82, 2.24) is 10.9 Å². The van der Waals surface area contributed by atoms with Gasteiger partial charge in [-0.3, -0.25) is 10.9 Å². The Morgan fingerprint density at radius 3 is 2.91 bits per heavy atom. The first kappa shape index (κ1) is 9.01. The van der Waals surface area contributed by atoms with Crippen molar-refractivity contribution in [3.05, 3.63) is 0 Å². The molecule has 1 rings (SSSR count). The second-order valence-corrected chi connectivity index (χ2v) is 3.41. The standard InChI is InChI=1S/C9H20N2/c1-2-3-4-6-9-7-5-8-10-11-9/h9-11H,2-8H2,1H3. The normalized spacial score (nSPS) is 25.4. The minimum Gasteiger partial charge on any atom is -0.258 e. The monoisotopic (exact) mass is 156 g/mol. The highest BCUT2D eigenvalue weighted by atomic mass is 15.4. The van der Waals surface area contributed by atoms with Crippen molar-refractivity contribution < 1.29 is 0 Å². The number of hydrazine groups is 1. The molecule has 2 nitrogen and oxygen atoms in total. The molecule has 2 heteroatoms. The van der Waals surface area contributed by atoms with E-state index in [0.29, 0.717) is 0 Å². The van der Waals surface area contributed by atoms with E-state index in [9.17, 15) is 0 Å². The topological polar surface area (TPSA) is 24.1 Å². The van der Waals surface area contributed by atoms with Gasteiger partial charge in [0, 0.05) is 12.6 Å². The highest BCUT2D eigenvalue weighted by Crippen LogP contribution is 2.09. The number of rotatable bonds is 4. The summed E-state index contributed by atoms with van der Waals surface area (Å²) in [5.74, 6) is 0. The Kier molecular flexibility index (Phi) is 4.55. The van der Waals surface area contributed by atoms with Gasteiger partial charge in [0.2, 0.25) is 0 Å². The Hall–Kier alpha value is -0.0800. The Bertz CT molecular complexity index is 87.6. The van der Waals surface area contributed by atoms with E-state index >= 15 is 0 Å². The molecule has 0 amide bonds. The van der Waals surface area contributed by atoms with E-state index in [2.05, 4.69) is 17.8 Å². The van der Waals surface area contributed by atoms with Gasteiger partial charge in [-0.15, -0.1) is 0 Å². The first-order valence-electron chi connectivity index (χ1n) is 4.92. The van der Waals surface area contributed by atoms with Crippen molar-refractivity contribution in [2.24, 2.45) is 0 Å². The van der Waals surface area contributed by atoms with Crippen LogP contribution in [0.2, 0.25) is 0 Å². The van der Waals surface area contributed by atoms with Gasteiger partial charge in [-0.2, -0.15) is 0 Å². The molecule has 0 aromatic rings. The van der Waals surface area contributed by atoms with E-state index in [1.807, 2.05) is 0 Å². The molecule has 1 aliphatic heterocycles. The fourth-order valence-corrected chi connectivity index (χ4v) is 1.58. The summed E-state index contributed by atoms with van der Waals surface area (Å²) in [6.45, 7) is 3.40. The van der Waals surface area contributed by atoms with Gasteiger partial charge < -0.3 is 0 Å². The minimum absolute atomic E-state index is 0.746. The second kappa shape index (κ2) is 5.56. The molecule has 1 saturated heterocycles. The molecule has 1 heterocycles. The summed E-state index contributed by atoms with van der Waals surface area (Å²) < 4.78 is 0. The zero-order valence-corrected chi connectivity index (χ0v) is 7.53. The number of hydrogen-bond acceptors (Lipinski definition) is 2. The Labute approximate surface area is 69.7 Å². The third-order valence-corrected chi connectivity index (χ3v) is 2.32. The van der Waals surface area contributed by atoms with Crippen molar-refractivity contribution in [3.8, 4) is 0 Å². The summed E-state index contributed by atoms with van der Waals surface area (Å²) in [6, 6.07) is 0.746. The molecule has 0 saturated carbocycles. The van der Waals surface area contributed by atoms with E-state index in [1.54, 1.807) is 0 Å². The summed E-state index contributed by atoms with van der Waals surface area (Å²) in [7, 11) is 0. The van der Waals surface area contributed by atoms with E-state index in [1.165, 1.54) is 38.5 Å².